The van der Waals surface area contributed by atoms with Crippen LogP contribution < -0.4 is 0 Å². The van der Waals surface area contributed by atoms with E-state index < -0.39 is 23.5 Å². The van der Waals surface area contributed by atoms with Crippen molar-refractivity contribution in [1.82, 2.24) is 0 Å². The molecule has 2 aliphatic heterocycles. The van der Waals surface area contributed by atoms with Crippen LogP contribution in [-0.4, -0.2) is 55.4 Å². The van der Waals surface area contributed by atoms with E-state index in [-0.39, 0.29) is 31.0 Å². The largest absolute Gasteiger partial charge is 0.462 e. The quantitative estimate of drug-likeness (QED) is 0.538. The van der Waals surface area contributed by atoms with Crippen LogP contribution in [0.1, 0.15) is 41.0 Å². The topological polar surface area (TPSA) is 80.3 Å². The van der Waals surface area contributed by atoms with Crippen LogP contribution in [0.2, 0.25) is 0 Å². The summed E-state index contributed by atoms with van der Waals surface area (Å²) in [6.07, 6.45) is -0.487. The minimum atomic E-state index is -0.836. The number of hydrogen-bond donors (Lipinski definition) is 0. The summed E-state index contributed by atoms with van der Waals surface area (Å²) in [6, 6.07) is 0. The first-order valence-corrected chi connectivity index (χ1v) is 7.91. The van der Waals surface area contributed by atoms with Crippen LogP contribution in [0.15, 0.2) is 0 Å². The molecule has 2 rings (SSSR count). The molecule has 0 aromatic heterocycles. The number of ketones is 1. The fourth-order valence-corrected chi connectivity index (χ4v) is 2.54. The Hall–Kier alpha value is -1.02. The van der Waals surface area contributed by atoms with Crippen LogP contribution in [0, 0.1) is 5.92 Å². The van der Waals surface area contributed by atoms with E-state index in [4.69, 9.17) is 23.7 Å². The zero-order chi connectivity index (χ0) is 17.3. The molecule has 3 unspecified atom stereocenters. The predicted molar refractivity (Wildman–Crippen MR) is 79.6 cm³/mol. The van der Waals surface area contributed by atoms with E-state index in [1.54, 1.807) is 34.6 Å². The van der Waals surface area contributed by atoms with E-state index in [1.165, 1.54) is 0 Å². The summed E-state index contributed by atoms with van der Waals surface area (Å²) in [5.41, 5.74) is 0. The van der Waals surface area contributed by atoms with Crippen molar-refractivity contribution in [2.75, 3.05) is 19.8 Å². The van der Waals surface area contributed by atoms with E-state index in [2.05, 4.69) is 0 Å². The van der Waals surface area contributed by atoms with Crippen molar-refractivity contribution in [1.29, 1.82) is 0 Å². The molecule has 3 atom stereocenters. The van der Waals surface area contributed by atoms with Crippen LogP contribution in [0.25, 0.3) is 0 Å². The Bertz CT molecular complexity index is 457. The molecular formula is C16H26O7. The van der Waals surface area contributed by atoms with Gasteiger partial charge in [0, 0.05) is 6.42 Å². The molecule has 23 heavy (non-hydrogen) atoms. The minimum absolute atomic E-state index is 0.0793. The highest BCUT2D eigenvalue weighted by molar-refractivity contribution is 5.98. The molecule has 0 aromatic carbocycles. The Morgan fingerprint density at radius 2 is 1.57 bits per heavy atom. The number of hydrogen-bond acceptors (Lipinski definition) is 7. The molecule has 0 saturated carbocycles. The van der Waals surface area contributed by atoms with Crippen molar-refractivity contribution in [3.05, 3.63) is 0 Å². The third-order valence-electron chi connectivity index (χ3n) is 3.81. The van der Waals surface area contributed by atoms with Gasteiger partial charge in [0.2, 0.25) is 0 Å². The Labute approximate surface area is 136 Å². The molecule has 7 heteroatoms. The lowest BCUT2D eigenvalue weighted by Gasteiger charge is -2.18. The van der Waals surface area contributed by atoms with Crippen molar-refractivity contribution in [3.8, 4) is 0 Å². The third kappa shape index (κ3) is 5.24. The molecule has 2 saturated heterocycles. The maximum atomic E-state index is 12.2. The van der Waals surface area contributed by atoms with Gasteiger partial charge in [-0.25, -0.2) is 0 Å². The molecule has 2 heterocycles. The van der Waals surface area contributed by atoms with Gasteiger partial charge in [0.05, 0.1) is 19.3 Å². The Balaban J connectivity index is 1.73. The van der Waals surface area contributed by atoms with Crippen molar-refractivity contribution >= 4 is 11.8 Å². The summed E-state index contributed by atoms with van der Waals surface area (Å²) in [6.45, 7) is 9.52. The van der Waals surface area contributed by atoms with Gasteiger partial charge in [0.25, 0.3) is 0 Å². The summed E-state index contributed by atoms with van der Waals surface area (Å²) < 4.78 is 27.1. The molecular weight excluding hydrogens is 304 g/mol. The van der Waals surface area contributed by atoms with Gasteiger partial charge in [0.1, 0.15) is 24.4 Å². The fourth-order valence-electron chi connectivity index (χ4n) is 2.54. The normalized spacial score (nSPS) is 30.1. The van der Waals surface area contributed by atoms with Gasteiger partial charge in [-0.3, -0.25) is 9.59 Å². The van der Waals surface area contributed by atoms with Gasteiger partial charge in [-0.2, -0.15) is 0 Å². The second-order valence-electron chi connectivity index (χ2n) is 6.92. The molecule has 132 valence electrons. The Morgan fingerprint density at radius 1 is 1.04 bits per heavy atom. The first kappa shape index (κ1) is 18.3. The monoisotopic (exact) mass is 330 g/mol. The van der Waals surface area contributed by atoms with Crippen LogP contribution in [-0.2, 0) is 33.3 Å². The second-order valence-corrected chi connectivity index (χ2v) is 6.92. The van der Waals surface area contributed by atoms with Crippen molar-refractivity contribution in [3.63, 3.8) is 0 Å². The van der Waals surface area contributed by atoms with Crippen LogP contribution in [0.3, 0.4) is 0 Å². The van der Waals surface area contributed by atoms with Gasteiger partial charge >= 0.3 is 5.97 Å². The van der Waals surface area contributed by atoms with Crippen LogP contribution >= 0.6 is 0 Å². The first-order valence-electron chi connectivity index (χ1n) is 7.91. The summed E-state index contributed by atoms with van der Waals surface area (Å²) in [5, 5.41) is 0. The lowest BCUT2D eigenvalue weighted by atomic mass is 10.0. The average Bonchev–Trinajstić information content (AvgIpc) is 2.96. The second kappa shape index (κ2) is 6.84. The number of esters is 1. The van der Waals surface area contributed by atoms with E-state index in [0.29, 0.717) is 13.2 Å². The number of Topliss-reactive ketones (excluding diaryl/α,β-unsaturated/α-hetero) is 1. The lowest BCUT2D eigenvalue weighted by Crippen LogP contribution is -2.31. The maximum absolute atomic E-state index is 12.2. The average molecular weight is 330 g/mol. The van der Waals surface area contributed by atoms with Crippen molar-refractivity contribution in [2.24, 2.45) is 5.92 Å². The molecule has 0 N–H and O–H groups in total. The molecule has 0 spiro atoms. The molecule has 2 aliphatic rings. The fraction of sp³-hybridized carbons (Fsp3) is 0.875. The molecule has 7 nitrogen and oxygen atoms in total. The Kier molecular flexibility index (Phi) is 5.45. The predicted octanol–water partition coefficient (Wildman–Crippen LogP) is 1.43. The van der Waals surface area contributed by atoms with Gasteiger partial charge in [0.15, 0.2) is 11.6 Å². The third-order valence-corrected chi connectivity index (χ3v) is 3.81. The SMILES string of the molecule is CC(C(=O)CC1COC(C)(C)O1)C(=O)OCC1COC(C)(C)O1. The summed E-state index contributed by atoms with van der Waals surface area (Å²) in [7, 11) is 0. The molecule has 0 radical (unpaired) electrons. The maximum Gasteiger partial charge on any atom is 0.316 e. The van der Waals surface area contributed by atoms with E-state index in [1.807, 2.05) is 0 Å². The zero-order valence-corrected chi connectivity index (χ0v) is 14.4. The molecule has 0 bridgehead atoms. The summed E-state index contributed by atoms with van der Waals surface area (Å²) >= 11 is 0. The lowest BCUT2D eigenvalue weighted by molar-refractivity contribution is -0.163. The highest BCUT2D eigenvalue weighted by Gasteiger charge is 2.37. The number of carbonyl (C=O) groups excluding carboxylic acids is 2. The minimum Gasteiger partial charge on any atom is -0.462 e. The van der Waals surface area contributed by atoms with Gasteiger partial charge in [-0.05, 0) is 34.6 Å². The smallest absolute Gasteiger partial charge is 0.316 e. The number of carbonyl (C=O) groups is 2. The Morgan fingerprint density at radius 3 is 2.04 bits per heavy atom. The van der Waals surface area contributed by atoms with Crippen molar-refractivity contribution in [2.45, 2.75) is 64.8 Å². The van der Waals surface area contributed by atoms with Gasteiger partial charge in [-0.15, -0.1) is 0 Å². The highest BCUT2D eigenvalue weighted by Crippen LogP contribution is 2.25. The van der Waals surface area contributed by atoms with Gasteiger partial charge in [-0.1, -0.05) is 0 Å². The van der Waals surface area contributed by atoms with E-state index in [9.17, 15) is 9.59 Å². The molecule has 0 aliphatic carbocycles. The van der Waals surface area contributed by atoms with E-state index in [0.717, 1.165) is 0 Å². The van der Waals surface area contributed by atoms with Crippen LogP contribution in [0.5, 0.6) is 0 Å². The first-order chi connectivity index (χ1) is 10.6. The standard InChI is InChI=1S/C16H26O7/c1-10(13(17)6-11-8-20-15(2,3)22-11)14(18)19-7-12-9-21-16(4,5)23-12/h10-12H,6-9H2,1-5H3. The number of rotatable bonds is 6. The zero-order valence-electron chi connectivity index (χ0n) is 14.4. The highest BCUT2D eigenvalue weighted by atomic mass is 16.8. The van der Waals surface area contributed by atoms with Crippen molar-refractivity contribution < 1.29 is 33.3 Å². The summed E-state index contributed by atoms with van der Waals surface area (Å²) in [5.74, 6) is -2.95. The molecule has 2 fully saturated rings. The van der Waals surface area contributed by atoms with Gasteiger partial charge < -0.3 is 23.7 Å². The molecule has 0 aromatic rings. The number of ether oxygens (including phenoxy) is 5. The summed E-state index contributed by atoms with van der Waals surface area (Å²) in [4.78, 5) is 24.2. The van der Waals surface area contributed by atoms with Crippen LogP contribution in [0.4, 0.5) is 0 Å². The van der Waals surface area contributed by atoms with E-state index >= 15 is 0 Å². The molecule has 0 amide bonds.